The third kappa shape index (κ3) is 4.75. The number of carbonyl (C=O) groups excluding carboxylic acids is 2. The number of hydroxylamine groups is 1. The van der Waals surface area contributed by atoms with Gasteiger partial charge in [0.1, 0.15) is 6.21 Å². The highest BCUT2D eigenvalue weighted by Crippen LogP contribution is 2.03. The Morgan fingerprint density at radius 2 is 2.00 bits per heavy atom. The van der Waals surface area contributed by atoms with Crippen LogP contribution in [0.25, 0.3) is 0 Å². The molecule has 6 heteroatoms. The van der Waals surface area contributed by atoms with Crippen LogP contribution < -0.4 is 10.8 Å². The van der Waals surface area contributed by atoms with Gasteiger partial charge in [-0.3, -0.25) is 14.5 Å². The number of para-hydroxylation sites is 1. The molecule has 0 saturated heterocycles. The Kier molecular flexibility index (Phi) is 4.52. The molecule has 0 saturated carbocycles. The first-order chi connectivity index (χ1) is 7.68. The molecule has 0 radical (unpaired) electrons. The number of benzene rings is 1. The van der Waals surface area contributed by atoms with Crippen LogP contribution in [0.4, 0.5) is 5.69 Å². The summed E-state index contributed by atoms with van der Waals surface area (Å²) in [7, 11) is 0. The van der Waals surface area contributed by atoms with E-state index in [9.17, 15) is 9.59 Å². The maximum Gasteiger partial charge on any atom is 0.270 e. The molecule has 1 rings (SSSR count). The molecule has 0 aliphatic heterocycles. The summed E-state index contributed by atoms with van der Waals surface area (Å²) in [6.07, 6.45) is 0.920. The standard InChI is InChI=1S/C10H11N3O3/c1-8(14)13-16-11-7-10(15)12-9-5-3-2-4-6-9/h2-7H,1H3,(H,12,15)(H,13,14)/b11-7+. The van der Waals surface area contributed by atoms with Gasteiger partial charge in [0.15, 0.2) is 0 Å². The van der Waals surface area contributed by atoms with Crippen molar-refractivity contribution in [2.24, 2.45) is 5.16 Å². The average molecular weight is 221 g/mol. The van der Waals surface area contributed by atoms with E-state index in [4.69, 9.17) is 0 Å². The molecule has 0 bridgehead atoms. The van der Waals surface area contributed by atoms with Crippen LogP contribution in [0.3, 0.4) is 0 Å². The summed E-state index contributed by atoms with van der Waals surface area (Å²) in [4.78, 5) is 25.9. The first kappa shape index (κ1) is 11.7. The summed E-state index contributed by atoms with van der Waals surface area (Å²) >= 11 is 0. The highest BCUT2D eigenvalue weighted by Gasteiger charge is 1.97. The highest BCUT2D eigenvalue weighted by atomic mass is 16.8. The van der Waals surface area contributed by atoms with Crippen molar-refractivity contribution in [3.05, 3.63) is 30.3 Å². The van der Waals surface area contributed by atoms with Gasteiger partial charge in [-0.05, 0) is 12.1 Å². The Hall–Kier alpha value is -2.37. The summed E-state index contributed by atoms with van der Waals surface area (Å²) in [6, 6.07) is 8.89. The molecular formula is C10H11N3O3. The van der Waals surface area contributed by atoms with E-state index in [1.807, 2.05) is 11.5 Å². The monoisotopic (exact) mass is 221 g/mol. The van der Waals surface area contributed by atoms with Crippen molar-refractivity contribution in [1.82, 2.24) is 5.48 Å². The van der Waals surface area contributed by atoms with Gasteiger partial charge in [-0.1, -0.05) is 23.4 Å². The molecule has 16 heavy (non-hydrogen) atoms. The third-order valence-corrected chi connectivity index (χ3v) is 1.45. The lowest BCUT2D eigenvalue weighted by Gasteiger charge is -2.00. The predicted molar refractivity (Wildman–Crippen MR) is 58.5 cm³/mol. The molecule has 0 unspecified atom stereocenters. The Morgan fingerprint density at radius 3 is 2.62 bits per heavy atom. The van der Waals surface area contributed by atoms with Crippen LogP contribution in [0, 0.1) is 0 Å². The smallest absolute Gasteiger partial charge is 0.270 e. The van der Waals surface area contributed by atoms with E-state index >= 15 is 0 Å². The van der Waals surface area contributed by atoms with E-state index in [2.05, 4.69) is 15.4 Å². The molecular weight excluding hydrogens is 210 g/mol. The van der Waals surface area contributed by atoms with Crippen LogP contribution in [0.2, 0.25) is 0 Å². The number of anilines is 1. The predicted octanol–water partition coefficient (Wildman–Crippen LogP) is 0.679. The SMILES string of the molecule is CC(=O)NO/N=C/C(=O)Nc1ccccc1. The number of carbonyl (C=O) groups is 2. The van der Waals surface area contributed by atoms with Crippen molar-refractivity contribution in [2.45, 2.75) is 6.92 Å². The second-order valence-corrected chi connectivity index (χ2v) is 2.84. The fourth-order valence-electron chi connectivity index (χ4n) is 0.861. The first-order valence-corrected chi connectivity index (χ1v) is 4.50. The lowest BCUT2D eigenvalue weighted by molar-refractivity contribution is -0.131. The molecule has 0 aliphatic rings. The maximum absolute atomic E-state index is 11.2. The van der Waals surface area contributed by atoms with Crippen molar-refractivity contribution in [3.8, 4) is 0 Å². The number of nitrogens with zero attached hydrogens (tertiary/aromatic N) is 1. The fraction of sp³-hybridized carbons (Fsp3) is 0.100. The van der Waals surface area contributed by atoms with Crippen LogP contribution >= 0.6 is 0 Å². The largest absolute Gasteiger partial charge is 0.321 e. The normalized spacial score (nSPS) is 9.81. The minimum atomic E-state index is -0.448. The number of oxime groups is 1. The van der Waals surface area contributed by atoms with Gasteiger partial charge in [-0.15, -0.1) is 0 Å². The Bertz CT molecular complexity index is 390. The van der Waals surface area contributed by atoms with Crippen molar-refractivity contribution >= 4 is 23.7 Å². The van der Waals surface area contributed by atoms with Crippen LogP contribution in [0.5, 0.6) is 0 Å². The van der Waals surface area contributed by atoms with E-state index in [1.165, 1.54) is 6.92 Å². The topological polar surface area (TPSA) is 79.8 Å². The van der Waals surface area contributed by atoms with Crippen molar-refractivity contribution in [2.75, 3.05) is 5.32 Å². The van der Waals surface area contributed by atoms with Crippen LogP contribution in [-0.4, -0.2) is 18.0 Å². The molecule has 0 fully saturated rings. The molecule has 0 aromatic heterocycles. The minimum Gasteiger partial charge on any atom is -0.321 e. The molecule has 2 amide bonds. The summed E-state index contributed by atoms with van der Waals surface area (Å²) in [6.45, 7) is 1.26. The number of hydrogen-bond donors (Lipinski definition) is 2. The van der Waals surface area contributed by atoms with E-state index in [1.54, 1.807) is 24.3 Å². The number of rotatable bonds is 4. The van der Waals surface area contributed by atoms with Gasteiger partial charge < -0.3 is 5.32 Å². The number of amides is 2. The minimum absolute atomic E-state index is 0.402. The van der Waals surface area contributed by atoms with Crippen molar-refractivity contribution in [1.29, 1.82) is 0 Å². The van der Waals surface area contributed by atoms with Gasteiger partial charge in [0, 0.05) is 12.6 Å². The quantitative estimate of drug-likeness (QED) is 0.579. The van der Waals surface area contributed by atoms with E-state index in [0.29, 0.717) is 5.69 Å². The molecule has 6 nitrogen and oxygen atoms in total. The zero-order chi connectivity index (χ0) is 11.8. The Labute approximate surface area is 92.2 Å². The second-order valence-electron chi connectivity index (χ2n) is 2.84. The van der Waals surface area contributed by atoms with Gasteiger partial charge in [-0.25, -0.2) is 0 Å². The Morgan fingerprint density at radius 1 is 1.31 bits per heavy atom. The molecule has 2 N–H and O–H groups in total. The number of hydrogen-bond acceptors (Lipinski definition) is 4. The molecule has 1 aromatic carbocycles. The lowest BCUT2D eigenvalue weighted by Crippen LogP contribution is -2.19. The first-order valence-electron chi connectivity index (χ1n) is 4.50. The fourth-order valence-corrected chi connectivity index (χ4v) is 0.861. The molecule has 84 valence electrons. The molecule has 0 atom stereocenters. The highest BCUT2D eigenvalue weighted by molar-refractivity contribution is 6.31. The van der Waals surface area contributed by atoms with Gasteiger partial charge in [0.25, 0.3) is 11.8 Å². The van der Waals surface area contributed by atoms with Crippen LogP contribution in [0.15, 0.2) is 35.5 Å². The van der Waals surface area contributed by atoms with Crippen LogP contribution in [0.1, 0.15) is 6.92 Å². The van der Waals surface area contributed by atoms with E-state index < -0.39 is 11.8 Å². The summed E-state index contributed by atoms with van der Waals surface area (Å²) in [5.41, 5.74) is 2.60. The summed E-state index contributed by atoms with van der Waals surface area (Å²) in [5.74, 6) is -0.850. The van der Waals surface area contributed by atoms with Crippen molar-refractivity contribution < 1.29 is 14.5 Å². The van der Waals surface area contributed by atoms with Crippen LogP contribution in [-0.2, 0) is 14.5 Å². The van der Waals surface area contributed by atoms with Gasteiger partial charge in [0.05, 0.1) is 0 Å². The lowest BCUT2D eigenvalue weighted by atomic mass is 10.3. The van der Waals surface area contributed by atoms with Gasteiger partial charge in [-0.2, -0.15) is 5.48 Å². The zero-order valence-electron chi connectivity index (χ0n) is 8.64. The Balaban J connectivity index is 2.34. The van der Waals surface area contributed by atoms with Crippen molar-refractivity contribution in [3.63, 3.8) is 0 Å². The zero-order valence-corrected chi connectivity index (χ0v) is 8.64. The maximum atomic E-state index is 11.2. The molecule has 0 aliphatic carbocycles. The van der Waals surface area contributed by atoms with E-state index in [-0.39, 0.29) is 0 Å². The number of nitrogens with one attached hydrogen (secondary N) is 2. The molecule has 1 aromatic rings. The summed E-state index contributed by atoms with van der Waals surface area (Å²) < 4.78 is 0. The molecule has 0 spiro atoms. The third-order valence-electron chi connectivity index (χ3n) is 1.45. The molecule has 0 heterocycles. The van der Waals surface area contributed by atoms with E-state index in [0.717, 1.165) is 6.21 Å². The second kappa shape index (κ2) is 6.18. The average Bonchev–Trinajstić information content (AvgIpc) is 2.25. The van der Waals surface area contributed by atoms with Gasteiger partial charge >= 0.3 is 0 Å². The summed E-state index contributed by atoms with van der Waals surface area (Å²) in [5, 5.41) is 5.79. The van der Waals surface area contributed by atoms with Gasteiger partial charge in [0.2, 0.25) is 0 Å².